The molecule has 0 saturated carbocycles. The van der Waals surface area contributed by atoms with Gasteiger partial charge in [-0.3, -0.25) is 4.57 Å². The topological polar surface area (TPSA) is 43.8 Å². The zero-order valence-corrected chi connectivity index (χ0v) is 13.2. The Morgan fingerprint density at radius 1 is 1.24 bits per heavy atom. The van der Waals surface area contributed by atoms with Crippen molar-refractivity contribution in [2.24, 2.45) is 5.73 Å². The van der Waals surface area contributed by atoms with E-state index in [9.17, 15) is 0 Å². The highest BCUT2D eigenvalue weighted by atomic mass is 32.1. The fourth-order valence-electron chi connectivity index (χ4n) is 2.66. The summed E-state index contributed by atoms with van der Waals surface area (Å²) in [6.07, 6.45) is 4.70. The number of imidazole rings is 1. The average molecular weight is 299 g/mol. The Balaban J connectivity index is 2.06. The van der Waals surface area contributed by atoms with E-state index in [1.165, 1.54) is 35.3 Å². The third-order valence-electron chi connectivity index (χ3n) is 3.73. The summed E-state index contributed by atoms with van der Waals surface area (Å²) in [6, 6.07) is 10.5. The molecule has 1 aromatic carbocycles. The molecule has 0 aliphatic carbocycles. The van der Waals surface area contributed by atoms with Crippen molar-refractivity contribution in [1.29, 1.82) is 0 Å². The summed E-state index contributed by atoms with van der Waals surface area (Å²) in [6.45, 7) is 2.83. The van der Waals surface area contributed by atoms with Crippen molar-refractivity contribution >= 4 is 22.4 Å². The first-order valence-corrected chi connectivity index (χ1v) is 8.45. The van der Waals surface area contributed by atoms with E-state index in [0.29, 0.717) is 6.54 Å². The second-order valence-electron chi connectivity index (χ2n) is 5.28. The lowest BCUT2D eigenvalue weighted by Crippen LogP contribution is -2.00. The SMILES string of the molecule is CCCCCc1nc2ccccc2n1-c1csc(CN)c1. The van der Waals surface area contributed by atoms with Crippen molar-refractivity contribution in [3.8, 4) is 5.69 Å². The quantitative estimate of drug-likeness (QED) is 0.690. The number of hydrogen-bond acceptors (Lipinski definition) is 3. The smallest absolute Gasteiger partial charge is 0.114 e. The van der Waals surface area contributed by atoms with Crippen LogP contribution in [0.4, 0.5) is 0 Å². The number of aromatic nitrogens is 2. The van der Waals surface area contributed by atoms with E-state index >= 15 is 0 Å². The van der Waals surface area contributed by atoms with Gasteiger partial charge in [0.1, 0.15) is 5.82 Å². The van der Waals surface area contributed by atoms with E-state index in [1.807, 2.05) is 0 Å². The molecule has 4 heteroatoms. The van der Waals surface area contributed by atoms with E-state index in [1.54, 1.807) is 11.3 Å². The normalized spacial score (nSPS) is 11.3. The van der Waals surface area contributed by atoms with E-state index in [2.05, 4.69) is 47.2 Å². The van der Waals surface area contributed by atoms with Gasteiger partial charge in [-0.1, -0.05) is 31.9 Å². The van der Waals surface area contributed by atoms with Crippen LogP contribution in [0.5, 0.6) is 0 Å². The Hall–Kier alpha value is -1.65. The Morgan fingerprint density at radius 2 is 2.10 bits per heavy atom. The van der Waals surface area contributed by atoms with E-state index in [0.717, 1.165) is 17.8 Å². The number of aryl methyl sites for hydroxylation is 1. The Labute approximate surface area is 129 Å². The molecule has 2 N–H and O–H groups in total. The predicted molar refractivity (Wildman–Crippen MR) is 90.1 cm³/mol. The van der Waals surface area contributed by atoms with Gasteiger partial charge in [0, 0.05) is 23.2 Å². The summed E-state index contributed by atoms with van der Waals surface area (Å²) in [4.78, 5) is 6.04. The summed E-state index contributed by atoms with van der Waals surface area (Å²) in [5.41, 5.74) is 9.21. The molecule has 21 heavy (non-hydrogen) atoms. The van der Waals surface area contributed by atoms with Crippen molar-refractivity contribution in [2.45, 2.75) is 39.2 Å². The van der Waals surface area contributed by atoms with Crippen LogP contribution in [0, 0.1) is 0 Å². The third kappa shape index (κ3) is 2.87. The van der Waals surface area contributed by atoms with Crippen molar-refractivity contribution in [3.63, 3.8) is 0 Å². The second-order valence-corrected chi connectivity index (χ2v) is 6.28. The molecule has 0 fully saturated rings. The van der Waals surface area contributed by atoms with Crippen molar-refractivity contribution in [1.82, 2.24) is 9.55 Å². The molecule has 110 valence electrons. The molecule has 3 nitrogen and oxygen atoms in total. The third-order valence-corrected chi connectivity index (χ3v) is 4.68. The van der Waals surface area contributed by atoms with E-state index in [4.69, 9.17) is 10.7 Å². The van der Waals surface area contributed by atoms with Crippen LogP contribution in [-0.2, 0) is 13.0 Å². The zero-order valence-electron chi connectivity index (χ0n) is 12.4. The van der Waals surface area contributed by atoms with Gasteiger partial charge >= 0.3 is 0 Å². The Kier molecular flexibility index (Phi) is 4.36. The number of benzene rings is 1. The number of para-hydroxylation sites is 2. The predicted octanol–water partition coefficient (Wildman–Crippen LogP) is 4.28. The average Bonchev–Trinajstić information content (AvgIpc) is 3.10. The van der Waals surface area contributed by atoms with Crippen LogP contribution < -0.4 is 5.73 Å². The monoisotopic (exact) mass is 299 g/mol. The number of nitrogens with two attached hydrogens (primary N) is 1. The molecule has 0 saturated heterocycles. The summed E-state index contributed by atoms with van der Waals surface area (Å²) >= 11 is 1.72. The number of thiophene rings is 1. The second kappa shape index (κ2) is 6.41. The molecule has 3 aromatic rings. The van der Waals surface area contributed by atoms with E-state index < -0.39 is 0 Å². The molecule has 0 spiro atoms. The molecule has 0 unspecified atom stereocenters. The van der Waals surface area contributed by atoms with Crippen molar-refractivity contribution in [3.05, 3.63) is 46.4 Å². The lowest BCUT2D eigenvalue weighted by atomic mass is 10.2. The van der Waals surface area contributed by atoms with Crippen LogP contribution in [0.25, 0.3) is 16.7 Å². The minimum atomic E-state index is 0.600. The first-order valence-electron chi connectivity index (χ1n) is 7.57. The van der Waals surface area contributed by atoms with Gasteiger partial charge in [-0.05, 0) is 24.6 Å². The van der Waals surface area contributed by atoms with Crippen LogP contribution in [-0.4, -0.2) is 9.55 Å². The van der Waals surface area contributed by atoms with E-state index in [-0.39, 0.29) is 0 Å². The van der Waals surface area contributed by atoms with Gasteiger partial charge in [0.2, 0.25) is 0 Å². The minimum Gasteiger partial charge on any atom is -0.326 e. The largest absolute Gasteiger partial charge is 0.326 e. The van der Waals surface area contributed by atoms with Gasteiger partial charge in [0.25, 0.3) is 0 Å². The molecule has 0 bridgehead atoms. The maximum absolute atomic E-state index is 5.75. The van der Waals surface area contributed by atoms with Crippen LogP contribution in [0.2, 0.25) is 0 Å². The highest BCUT2D eigenvalue weighted by molar-refractivity contribution is 7.10. The van der Waals surface area contributed by atoms with Crippen LogP contribution in [0.15, 0.2) is 35.7 Å². The van der Waals surface area contributed by atoms with Gasteiger partial charge in [-0.15, -0.1) is 11.3 Å². The summed E-state index contributed by atoms with van der Waals surface area (Å²) < 4.78 is 2.29. The lowest BCUT2D eigenvalue weighted by molar-refractivity contribution is 0.689. The first-order chi connectivity index (χ1) is 10.3. The highest BCUT2D eigenvalue weighted by Gasteiger charge is 2.13. The maximum Gasteiger partial charge on any atom is 0.114 e. The number of fused-ring (bicyclic) bond motifs is 1. The summed E-state index contributed by atoms with van der Waals surface area (Å²) in [5, 5.41) is 2.18. The molecular formula is C17H21N3S. The molecular weight excluding hydrogens is 278 g/mol. The minimum absolute atomic E-state index is 0.600. The molecule has 0 amide bonds. The fraction of sp³-hybridized carbons (Fsp3) is 0.353. The summed E-state index contributed by atoms with van der Waals surface area (Å²) in [5.74, 6) is 1.16. The number of unbranched alkanes of at least 4 members (excludes halogenated alkanes) is 2. The Bertz CT molecular complexity index is 727. The number of rotatable bonds is 6. The maximum atomic E-state index is 5.75. The standard InChI is InChI=1S/C17H21N3S/c1-2-3-4-9-17-19-15-7-5-6-8-16(15)20(17)13-10-14(11-18)21-12-13/h5-8,10,12H,2-4,9,11,18H2,1H3. The van der Waals surface area contributed by atoms with Gasteiger partial charge in [0.15, 0.2) is 0 Å². The molecule has 3 rings (SSSR count). The number of hydrogen-bond donors (Lipinski definition) is 1. The molecule has 0 radical (unpaired) electrons. The molecule has 2 heterocycles. The summed E-state index contributed by atoms with van der Waals surface area (Å²) in [7, 11) is 0. The first kappa shape index (κ1) is 14.3. The van der Waals surface area contributed by atoms with Crippen molar-refractivity contribution in [2.75, 3.05) is 0 Å². The van der Waals surface area contributed by atoms with Crippen LogP contribution in [0.3, 0.4) is 0 Å². The van der Waals surface area contributed by atoms with Crippen LogP contribution >= 0.6 is 11.3 Å². The Morgan fingerprint density at radius 3 is 2.86 bits per heavy atom. The van der Waals surface area contributed by atoms with Gasteiger partial charge < -0.3 is 5.73 Å². The van der Waals surface area contributed by atoms with Gasteiger partial charge in [-0.2, -0.15) is 0 Å². The zero-order chi connectivity index (χ0) is 14.7. The van der Waals surface area contributed by atoms with Gasteiger partial charge in [-0.25, -0.2) is 4.98 Å². The number of nitrogens with zero attached hydrogens (tertiary/aromatic N) is 2. The lowest BCUT2D eigenvalue weighted by Gasteiger charge is -2.06. The highest BCUT2D eigenvalue weighted by Crippen LogP contribution is 2.26. The molecule has 2 aromatic heterocycles. The molecule has 0 atom stereocenters. The van der Waals surface area contributed by atoms with Gasteiger partial charge in [0.05, 0.1) is 16.7 Å². The molecule has 0 aliphatic rings. The van der Waals surface area contributed by atoms with Crippen LogP contribution in [0.1, 0.15) is 36.9 Å². The molecule has 0 aliphatic heterocycles. The van der Waals surface area contributed by atoms with Crippen molar-refractivity contribution < 1.29 is 0 Å². The fourth-order valence-corrected chi connectivity index (χ4v) is 3.39.